The summed E-state index contributed by atoms with van der Waals surface area (Å²) in [5.41, 5.74) is -1.23. The molecule has 2 aromatic carbocycles. The molecule has 4 atom stereocenters. The maximum atomic E-state index is 14.8. The molecule has 388 valence electrons. The zero-order valence-corrected chi connectivity index (χ0v) is 42.8. The Morgan fingerprint density at radius 2 is 1.23 bits per heavy atom. The molecule has 70 heavy (non-hydrogen) atoms. The van der Waals surface area contributed by atoms with Crippen molar-refractivity contribution in [1.82, 2.24) is 42.1 Å². The highest BCUT2D eigenvalue weighted by Crippen LogP contribution is 2.29. The minimum atomic E-state index is -1.41. The van der Waals surface area contributed by atoms with Crippen molar-refractivity contribution in [2.45, 2.75) is 155 Å². The highest BCUT2D eigenvalue weighted by molar-refractivity contribution is 5.94. The Kier molecular flexibility index (Phi) is 20.3. The van der Waals surface area contributed by atoms with Gasteiger partial charge >= 0.3 is 24.4 Å². The van der Waals surface area contributed by atoms with Gasteiger partial charge in [-0.25, -0.2) is 19.2 Å². The Balaban J connectivity index is 2.06. The van der Waals surface area contributed by atoms with Gasteiger partial charge in [0.15, 0.2) is 0 Å². The van der Waals surface area contributed by atoms with Gasteiger partial charge in [0, 0.05) is 46.1 Å². The Hall–Kier alpha value is -6.80. The molecule has 3 rings (SSSR count). The van der Waals surface area contributed by atoms with Gasteiger partial charge in [-0.3, -0.25) is 19.2 Å². The number of alkyl carbamates (subject to hydrolysis) is 4. The molecular formula is C49H74N8O13. The lowest BCUT2D eigenvalue weighted by molar-refractivity contribution is -0.142. The molecular weight excluding hydrogens is 909 g/mol. The summed E-state index contributed by atoms with van der Waals surface area (Å²) < 4.78 is 21.4. The number of hydrogen-bond donors (Lipinski definition) is 8. The minimum Gasteiger partial charge on any atom is -0.508 e. The van der Waals surface area contributed by atoms with Gasteiger partial charge in [-0.05, 0) is 130 Å². The lowest BCUT2D eigenvalue weighted by atomic mass is 9.95. The average molecular weight is 983 g/mol. The van der Waals surface area contributed by atoms with Crippen molar-refractivity contribution in [1.29, 1.82) is 0 Å². The molecule has 1 aliphatic rings. The second-order valence-electron chi connectivity index (χ2n) is 20.9. The number of benzene rings is 2. The number of rotatable bonds is 13. The van der Waals surface area contributed by atoms with Crippen LogP contribution in [0.4, 0.5) is 19.2 Å². The van der Waals surface area contributed by atoms with Gasteiger partial charge in [-0.15, -0.1) is 0 Å². The number of nitrogens with one attached hydrogen (secondary N) is 7. The first-order valence-corrected chi connectivity index (χ1v) is 23.3. The minimum absolute atomic E-state index is 0.0282. The lowest BCUT2D eigenvalue weighted by Gasteiger charge is -2.32. The van der Waals surface area contributed by atoms with E-state index >= 15 is 0 Å². The van der Waals surface area contributed by atoms with Gasteiger partial charge in [-0.1, -0.05) is 30.3 Å². The number of phenols is 1. The van der Waals surface area contributed by atoms with Gasteiger partial charge in [0.05, 0.1) is 0 Å². The molecule has 0 fully saturated rings. The van der Waals surface area contributed by atoms with Crippen LogP contribution in [0.1, 0.15) is 107 Å². The summed E-state index contributed by atoms with van der Waals surface area (Å²) in [5.74, 6) is -3.18. The van der Waals surface area contributed by atoms with Gasteiger partial charge in [0.25, 0.3) is 0 Å². The summed E-state index contributed by atoms with van der Waals surface area (Å²) in [5, 5.41) is 29.3. The number of phenolic OH excluding ortho intramolecular Hbond substituents is 1. The van der Waals surface area contributed by atoms with Crippen LogP contribution in [0, 0.1) is 0 Å². The number of likely N-dealkylation sites (N-methyl/N-ethyl adjacent to an activating group) is 1. The molecule has 0 radical (unpaired) electrons. The van der Waals surface area contributed by atoms with Crippen molar-refractivity contribution >= 4 is 48.0 Å². The molecule has 8 amide bonds. The molecule has 21 heteroatoms. The Morgan fingerprint density at radius 3 is 1.83 bits per heavy atom. The number of carbonyl (C=O) groups excluding carboxylic acids is 8. The van der Waals surface area contributed by atoms with Crippen molar-refractivity contribution in [3.63, 3.8) is 0 Å². The van der Waals surface area contributed by atoms with E-state index in [9.17, 15) is 43.5 Å². The predicted octanol–water partition coefficient (Wildman–Crippen LogP) is 4.32. The fraction of sp³-hybridized carbons (Fsp3) is 0.592. The number of amides is 8. The normalized spacial score (nSPS) is 17.2. The van der Waals surface area contributed by atoms with Gasteiger partial charge in [-0.2, -0.15) is 0 Å². The van der Waals surface area contributed by atoms with E-state index in [4.69, 9.17) is 18.9 Å². The second kappa shape index (κ2) is 24.7. The van der Waals surface area contributed by atoms with E-state index in [0.29, 0.717) is 22.3 Å². The van der Waals surface area contributed by atoms with Crippen molar-refractivity contribution in [3.8, 4) is 16.9 Å². The third-order valence-corrected chi connectivity index (χ3v) is 9.85. The number of carbonyl (C=O) groups is 8. The van der Waals surface area contributed by atoms with Crippen LogP contribution in [0.5, 0.6) is 5.75 Å². The van der Waals surface area contributed by atoms with Crippen molar-refractivity contribution < 1.29 is 62.4 Å². The zero-order valence-electron chi connectivity index (χ0n) is 42.8. The monoisotopic (exact) mass is 983 g/mol. The molecule has 8 N–H and O–H groups in total. The zero-order chi connectivity index (χ0) is 52.8. The highest BCUT2D eigenvalue weighted by Gasteiger charge is 2.36. The van der Waals surface area contributed by atoms with E-state index < -0.39 is 101 Å². The molecule has 4 bridgehead atoms. The van der Waals surface area contributed by atoms with Crippen LogP contribution in [-0.4, -0.2) is 138 Å². The van der Waals surface area contributed by atoms with Crippen molar-refractivity contribution in [2.75, 3.05) is 33.2 Å². The van der Waals surface area contributed by atoms with Gasteiger partial charge in [0.2, 0.25) is 23.6 Å². The first-order valence-electron chi connectivity index (χ1n) is 23.3. The van der Waals surface area contributed by atoms with E-state index in [1.165, 1.54) is 13.1 Å². The van der Waals surface area contributed by atoms with Crippen molar-refractivity contribution in [3.05, 3.63) is 53.6 Å². The number of fused-ring (bicyclic) bond motifs is 5. The molecule has 21 nitrogen and oxygen atoms in total. The largest absolute Gasteiger partial charge is 0.508 e. The highest BCUT2D eigenvalue weighted by atomic mass is 16.6. The van der Waals surface area contributed by atoms with Crippen LogP contribution in [0.15, 0.2) is 42.5 Å². The summed E-state index contributed by atoms with van der Waals surface area (Å²) >= 11 is 0. The summed E-state index contributed by atoms with van der Waals surface area (Å²) in [4.78, 5) is 109. The molecule has 2 aromatic rings. The maximum absolute atomic E-state index is 14.8. The molecule has 0 saturated heterocycles. The summed E-state index contributed by atoms with van der Waals surface area (Å²) in [6, 6.07) is 6.48. The SMILES string of the molecule is CN1C(=O)[C@H](CCCNC(=O)OC(C)(C)C)NC(=O)[C@@H](NC(=O)OC(C)(C)C)Cc2cc(ccc2O)-c2cccc(c2)C[C@H]1C(=O)NC[C@H](NC(=O)OC(C)(C)C)C(=O)NCCNC(=O)OC(C)(C)C. The topological polar surface area (TPSA) is 281 Å². The molecule has 0 unspecified atom stereocenters. The van der Waals surface area contributed by atoms with E-state index in [2.05, 4.69) is 37.2 Å². The Morgan fingerprint density at radius 1 is 0.686 bits per heavy atom. The third kappa shape index (κ3) is 20.8. The predicted molar refractivity (Wildman–Crippen MR) is 259 cm³/mol. The smallest absolute Gasteiger partial charge is 0.408 e. The van der Waals surface area contributed by atoms with Crippen molar-refractivity contribution in [2.24, 2.45) is 0 Å². The van der Waals surface area contributed by atoms with Crippen LogP contribution in [-0.2, 0) is 51.0 Å². The van der Waals surface area contributed by atoms with Crippen LogP contribution in [0.2, 0.25) is 0 Å². The van der Waals surface area contributed by atoms with Crippen LogP contribution >= 0.6 is 0 Å². The third-order valence-electron chi connectivity index (χ3n) is 9.85. The number of hydrogen-bond acceptors (Lipinski definition) is 13. The molecule has 1 heterocycles. The van der Waals surface area contributed by atoms with Crippen LogP contribution in [0.25, 0.3) is 11.1 Å². The first-order chi connectivity index (χ1) is 32.3. The number of aromatic hydroxyl groups is 1. The number of ether oxygens (including phenoxy) is 4. The van der Waals surface area contributed by atoms with E-state index in [1.54, 1.807) is 119 Å². The lowest BCUT2D eigenvalue weighted by Crippen LogP contribution is -2.59. The quantitative estimate of drug-likeness (QED) is 0.103. The fourth-order valence-electron chi connectivity index (χ4n) is 6.82. The number of nitrogens with zero attached hydrogens (tertiary/aromatic N) is 1. The molecule has 1 aliphatic heterocycles. The summed E-state index contributed by atoms with van der Waals surface area (Å²) in [6.45, 7) is 19.5. The first kappa shape index (κ1) is 57.5. The Bertz CT molecular complexity index is 2190. The van der Waals surface area contributed by atoms with E-state index in [1.807, 2.05) is 0 Å². The van der Waals surface area contributed by atoms with Gasteiger partial charge in [0.1, 0.15) is 52.3 Å². The molecule has 0 aliphatic carbocycles. The van der Waals surface area contributed by atoms with E-state index in [-0.39, 0.29) is 51.1 Å². The fourth-order valence-corrected chi connectivity index (χ4v) is 6.82. The molecule has 0 spiro atoms. The van der Waals surface area contributed by atoms with Crippen LogP contribution in [0.3, 0.4) is 0 Å². The van der Waals surface area contributed by atoms with Crippen LogP contribution < -0.4 is 37.2 Å². The maximum Gasteiger partial charge on any atom is 0.408 e. The van der Waals surface area contributed by atoms with Gasteiger partial charge < -0.3 is 66.2 Å². The standard InChI is InChI=1S/C49H74N8O13/c1-46(2,3)67-42(63)51-21-15-18-33-41(62)57(13)36(40(61)53-28-35(56-45(66)70-49(10,11)12)38(59)50-22-23-52-43(64)68-47(4,5)6)25-29-16-14-17-30(24-29)31-19-20-37(58)32(26-31)27-34(39(60)54-33)55-44(65)69-48(7,8)9/h14,16-17,19-20,24,26,33-36,58H,15,18,21-23,25,27-28H2,1-13H3,(H,50,59)(H,51,63)(H,52,64)(H,53,61)(H,54,60)(H,55,65)(H,56,66)/t33-,34-,35-,36-/m0/s1. The summed E-state index contributed by atoms with van der Waals surface area (Å²) in [7, 11) is 1.38. The second-order valence-corrected chi connectivity index (χ2v) is 20.9. The Labute approximate surface area is 410 Å². The summed E-state index contributed by atoms with van der Waals surface area (Å²) in [6.07, 6.45) is -3.53. The average Bonchev–Trinajstić information content (AvgIpc) is 3.21. The molecule has 0 saturated carbocycles. The van der Waals surface area contributed by atoms with E-state index in [0.717, 1.165) is 4.90 Å². The molecule has 0 aromatic heterocycles.